The standard InChI is InChI=1S/C18H20N2O3/c1-10-7-9-20(19(4)5)15-12(10)16(22)14-13(17(15)23)11(21)6-8-18(14,2)3/h6-10H,1-5H3. The number of nitrogens with zero attached hydrogens (tertiary/aromatic N) is 2. The van der Waals surface area contributed by atoms with Crippen LogP contribution in [0.15, 0.2) is 46.8 Å². The van der Waals surface area contributed by atoms with Crippen molar-refractivity contribution in [3.63, 3.8) is 0 Å². The third-order valence-corrected chi connectivity index (χ3v) is 4.59. The van der Waals surface area contributed by atoms with E-state index in [1.807, 2.05) is 26.8 Å². The van der Waals surface area contributed by atoms with Crippen molar-refractivity contribution < 1.29 is 14.4 Å². The number of carbonyl (C=O) groups excluding carboxylic acids is 3. The smallest absolute Gasteiger partial charge is 0.215 e. The fourth-order valence-electron chi connectivity index (χ4n) is 3.38. The highest BCUT2D eigenvalue weighted by Crippen LogP contribution is 2.44. The Balaban J connectivity index is 2.25. The summed E-state index contributed by atoms with van der Waals surface area (Å²) in [6.07, 6.45) is 6.77. The molecule has 0 aromatic heterocycles. The molecule has 0 amide bonds. The quantitative estimate of drug-likeness (QED) is 0.546. The van der Waals surface area contributed by atoms with E-state index in [4.69, 9.17) is 0 Å². The maximum absolute atomic E-state index is 13.1. The van der Waals surface area contributed by atoms with E-state index >= 15 is 0 Å². The lowest BCUT2D eigenvalue weighted by atomic mass is 9.67. The van der Waals surface area contributed by atoms with Crippen molar-refractivity contribution in [2.75, 3.05) is 14.1 Å². The summed E-state index contributed by atoms with van der Waals surface area (Å²) in [6, 6.07) is 0. The Kier molecular flexibility index (Phi) is 3.30. The summed E-state index contributed by atoms with van der Waals surface area (Å²) in [5.41, 5.74) is 0.498. The zero-order valence-electron chi connectivity index (χ0n) is 14.0. The summed E-state index contributed by atoms with van der Waals surface area (Å²) in [6.45, 7) is 5.60. The molecule has 120 valence electrons. The normalized spacial score (nSPS) is 26.3. The predicted molar refractivity (Wildman–Crippen MR) is 85.8 cm³/mol. The molecule has 0 N–H and O–H groups in total. The van der Waals surface area contributed by atoms with Gasteiger partial charge in [0.15, 0.2) is 11.6 Å². The van der Waals surface area contributed by atoms with E-state index in [0.717, 1.165) is 0 Å². The highest BCUT2D eigenvalue weighted by atomic mass is 16.2. The third-order valence-electron chi connectivity index (χ3n) is 4.59. The van der Waals surface area contributed by atoms with Gasteiger partial charge in [-0.1, -0.05) is 32.9 Å². The largest absolute Gasteiger partial charge is 0.289 e. The molecule has 3 aliphatic rings. The Bertz CT molecular complexity index is 763. The number of ketones is 3. The third kappa shape index (κ3) is 2.07. The first-order valence-electron chi connectivity index (χ1n) is 7.63. The molecule has 0 saturated heterocycles. The van der Waals surface area contributed by atoms with E-state index < -0.39 is 5.41 Å². The van der Waals surface area contributed by atoms with Crippen molar-refractivity contribution in [2.24, 2.45) is 11.3 Å². The number of allylic oxidation sites excluding steroid dienone is 6. The number of hydrogen-bond acceptors (Lipinski definition) is 5. The lowest BCUT2D eigenvalue weighted by molar-refractivity contribution is -0.123. The van der Waals surface area contributed by atoms with Gasteiger partial charge >= 0.3 is 0 Å². The molecule has 0 radical (unpaired) electrons. The first-order chi connectivity index (χ1) is 10.7. The Morgan fingerprint density at radius 1 is 1.13 bits per heavy atom. The van der Waals surface area contributed by atoms with E-state index in [9.17, 15) is 14.4 Å². The minimum absolute atomic E-state index is 0.0237. The Labute approximate surface area is 135 Å². The topological polar surface area (TPSA) is 57.7 Å². The van der Waals surface area contributed by atoms with Crippen molar-refractivity contribution >= 4 is 17.3 Å². The van der Waals surface area contributed by atoms with Crippen LogP contribution < -0.4 is 0 Å². The molecule has 0 spiro atoms. The first-order valence-corrected chi connectivity index (χ1v) is 7.63. The molecule has 23 heavy (non-hydrogen) atoms. The lowest BCUT2D eigenvalue weighted by Gasteiger charge is -2.40. The van der Waals surface area contributed by atoms with Gasteiger partial charge in [-0.15, -0.1) is 0 Å². The summed E-state index contributed by atoms with van der Waals surface area (Å²) < 4.78 is 0. The maximum Gasteiger partial charge on any atom is 0.215 e. The van der Waals surface area contributed by atoms with Gasteiger partial charge in [0.05, 0.1) is 5.57 Å². The van der Waals surface area contributed by atoms with Gasteiger partial charge in [0.2, 0.25) is 5.78 Å². The SMILES string of the molecule is CC1C=CN(N(C)C)C2=C1C(=O)C1=C(C(=O)C=CC1(C)C)C2=O. The van der Waals surface area contributed by atoms with Crippen LogP contribution in [-0.2, 0) is 14.4 Å². The van der Waals surface area contributed by atoms with Gasteiger partial charge in [-0.3, -0.25) is 19.4 Å². The Morgan fingerprint density at radius 3 is 2.39 bits per heavy atom. The van der Waals surface area contributed by atoms with Crippen LogP contribution in [0.5, 0.6) is 0 Å². The molecule has 1 heterocycles. The predicted octanol–water partition coefficient (Wildman–Crippen LogP) is 1.80. The van der Waals surface area contributed by atoms with Crippen LogP contribution in [0, 0.1) is 11.3 Å². The average Bonchev–Trinajstić information content (AvgIpc) is 2.46. The van der Waals surface area contributed by atoms with E-state index in [1.54, 1.807) is 36.4 Å². The highest BCUT2D eigenvalue weighted by Gasteiger charge is 2.47. The number of Topliss-reactive ketones (excluding diaryl/α,β-unsaturated/α-hetero) is 2. The van der Waals surface area contributed by atoms with Gasteiger partial charge in [0.25, 0.3) is 0 Å². The number of rotatable bonds is 1. The molecule has 0 bridgehead atoms. The Hall–Kier alpha value is -2.27. The highest BCUT2D eigenvalue weighted by molar-refractivity contribution is 6.38. The number of carbonyl (C=O) groups is 3. The van der Waals surface area contributed by atoms with Crippen molar-refractivity contribution in [2.45, 2.75) is 20.8 Å². The second-order valence-corrected chi connectivity index (χ2v) is 6.91. The van der Waals surface area contributed by atoms with Gasteiger partial charge in [-0.05, 0) is 6.08 Å². The van der Waals surface area contributed by atoms with Crippen LogP contribution in [-0.4, -0.2) is 41.5 Å². The Morgan fingerprint density at radius 2 is 1.78 bits per heavy atom. The van der Waals surface area contributed by atoms with Crippen molar-refractivity contribution in [3.05, 3.63) is 46.8 Å². The van der Waals surface area contributed by atoms with Gasteiger partial charge in [-0.25, -0.2) is 5.01 Å². The average molecular weight is 312 g/mol. The molecular formula is C18H20N2O3. The van der Waals surface area contributed by atoms with Crippen LogP contribution >= 0.6 is 0 Å². The minimum atomic E-state index is -0.627. The molecule has 0 fully saturated rings. The molecule has 1 aliphatic heterocycles. The fourth-order valence-corrected chi connectivity index (χ4v) is 3.38. The molecule has 5 heteroatoms. The summed E-state index contributed by atoms with van der Waals surface area (Å²) in [5, 5.41) is 3.36. The molecule has 0 aromatic rings. The molecule has 1 unspecified atom stereocenters. The van der Waals surface area contributed by atoms with Crippen LogP contribution in [0.25, 0.3) is 0 Å². The van der Waals surface area contributed by atoms with Gasteiger partial charge in [0.1, 0.15) is 5.70 Å². The van der Waals surface area contributed by atoms with E-state index in [1.165, 1.54) is 6.08 Å². The first kappa shape index (κ1) is 15.6. The summed E-state index contributed by atoms with van der Waals surface area (Å²) in [4.78, 5) is 38.5. The fraction of sp³-hybridized carbons (Fsp3) is 0.389. The maximum atomic E-state index is 13.1. The lowest BCUT2D eigenvalue weighted by Crippen LogP contribution is -2.45. The summed E-state index contributed by atoms with van der Waals surface area (Å²) >= 11 is 0. The zero-order chi connectivity index (χ0) is 17.1. The molecule has 2 aliphatic carbocycles. The number of hydrazine groups is 1. The molecule has 3 rings (SSSR count). The van der Waals surface area contributed by atoms with Crippen molar-refractivity contribution in [3.8, 4) is 0 Å². The number of hydrogen-bond donors (Lipinski definition) is 0. The van der Waals surface area contributed by atoms with Crippen molar-refractivity contribution in [1.82, 2.24) is 10.0 Å². The summed E-state index contributed by atoms with van der Waals surface area (Å²) in [5.74, 6) is -1.10. The molecule has 1 atom stereocenters. The second-order valence-electron chi connectivity index (χ2n) is 6.91. The van der Waals surface area contributed by atoms with E-state index in [-0.39, 0.29) is 28.8 Å². The molecular weight excluding hydrogens is 292 g/mol. The minimum Gasteiger partial charge on any atom is -0.289 e. The van der Waals surface area contributed by atoms with Gasteiger partial charge in [0, 0.05) is 42.8 Å². The monoisotopic (exact) mass is 312 g/mol. The van der Waals surface area contributed by atoms with Gasteiger partial charge in [-0.2, -0.15) is 0 Å². The zero-order valence-corrected chi connectivity index (χ0v) is 14.0. The molecule has 0 aromatic carbocycles. The van der Waals surface area contributed by atoms with Crippen LogP contribution in [0.3, 0.4) is 0 Å². The van der Waals surface area contributed by atoms with E-state index in [2.05, 4.69) is 0 Å². The van der Waals surface area contributed by atoms with Crippen LogP contribution in [0.2, 0.25) is 0 Å². The van der Waals surface area contributed by atoms with Crippen LogP contribution in [0.1, 0.15) is 20.8 Å². The van der Waals surface area contributed by atoms with Crippen LogP contribution in [0.4, 0.5) is 0 Å². The summed E-state index contributed by atoms with van der Waals surface area (Å²) in [7, 11) is 3.58. The molecule has 0 saturated carbocycles. The molecule has 5 nitrogen and oxygen atoms in total. The second kappa shape index (κ2) is 4.86. The van der Waals surface area contributed by atoms with E-state index in [0.29, 0.717) is 16.8 Å². The van der Waals surface area contributed by atoms with Gasteiger partial charge < -0.3 is 0 Å². The van der Waals surface area contributed by atoms with Crippen molar-refractivity contribution in [1.29, 1.82) is 0 Å².